The molecule has 2 amide bonds. The number of aromatic carboxylic acids is 2. The summed E-state index contributed by atoms with van der Waals surface area (Å²) in [7, 11) is 0. The average Bonchev–Trinajstić information content (AvgIpc) is 3.92. The maximum absolute atomic E-state index is 13.9. The van der Waals surface area contributed by atoms with E-state index >= 15 is 0 Å². The number of nitrogens with one attached hydrogen (secondary N) is 2. The van der Waals surface area contributed by atoms with Crippen LogP contribution in [0.5, 0.6) is 0 Å². The van der Waals surface area contributed by atoms with Crippen molar-refractivity contribution in [3.8, 4) is 41.9 Å². The zero-order valence-corrected chi connectivity index (χ0v) is 27.6. The molecule has 6 rings (SSSR count). The van der Waals surface area contributed by atoms with Crippen molar-refractivity contribution in [2.75, 3.05) is 10.6 Å². The summed E-state index contributed by atoms with van der Waals surface area (Å²) >= 11 is 0. The van der Waals surface area contributed by atoms with Crippen LogP contribution in [0.2, 0.25) is 0 Å². The highest BCUT2D eigenvalue weighted by Crippen LogP contribution is 2.23. The monoisotopic (exact) mass is 723 g/mol. The molecule has 54 heavy (non-hydrogen) atoms. The summed E-state index contributed by atoms with van der Waals surface area (Å²) in [6.45, 7) is 1.51. The van der Waals surface area contributed by atoms with E-state index in [1.54, 1.807) is 46.1 Å². The number of imidazole rings is 2. The van der Waals surface area contributed by atoms with E-state index < -0.39 is 35.1 Å². The van der Waals surface area contributed by atoms with Gasteiger partial charge >= 0.3 is 11.9 Å². The third-order valence-corrected chi connectivity index (χ3v) is 7.06. The minimum Gasteiger partial charge on any atom is -0.478 e. The van der Waals surface area contributed by atoms with E-state index in [9.17, 15) is 33.8 Å². The van der Waals surface area contributed by atoms with Gasteiger partial charge in [-0.3, -0.25) is 18.7 Å². The summed E-state index contributed by atoms with van der Waals surface area (Å²) in [6.07, 6.45) is 14.9. The van der Waals surface area contributed by atoms with Crippen LogP contribution in [0.3, 0.4) is 0 Å². The Morgan fingerprint density at radius 1 is 0.741 bits per heavy atom. The Balaban J connectivity index is 0.000000208. The number of carbonyl (C=O) groups excluding carboxylic acids is 2. The number of carboxylic acid groups (broad SMARTS) is 2. The van der Waals surface area contributed by atoms with Crippen LogP contribution in [0.15, 0.2) is 86.0 Å². The van der Waals surface area contributed by atoms with Gasteiger partial charge in [-0.2, -0.15) is 5.26 Å². The molecule has 0 unspecified atom stereocenters. The van der Waals surface area contributed by atoms with E-state index in [-0.39, 0.29) is 45.0 Å². The molecule has 0 fully saturated rings. The standard InChI is InChI=1S/C18H12FN5O3.C18H10N6O3/c1-2-3-11-8-15(12(18(26)27)9-13(11)19)21-17(25)14-4-5-16(23-22-14)24-7-6-20-10-24;1-2-11-8-15(13(18(26)27)7-12(11)9-19)21-17(25)14-3-4-16(23-22-14)24-6-5-20-10-24/h4-10H,1H3,(H,21,25)(H,26,27);1,3-8,10H,(H,21,25)(H,26,27). The highest BCUT2D eigenvalue weighted by molar-refractivity contribution is 6.08. The molecule has 0 aliphatic heterocycles. The lowest BCUT2D eigenvalue weighted by molar-refractivity contribution is 0.0686. The Hall–Kier alpha value is -8.56. The van der Waals surface area contributed by atoms with Crippen molar-refractivity contribution in [2.24, 2.45) is 0 Å². The minimum atomic E-state index is -1.39. The first-order valence-electron chi connectivity index (χ1n) is 15.1. The highest BCUT2D eigenvalue weighted by atomic mass is 19.1. The van der Waals surface area contributed by atoms with E-state index in [0.29, 0.717) is 11.6 Å². The van der Waals surface area contributed by atoms with Crippen molar-refractivity contribution in [1.82, 2.24) is 39.5 Å². The third kappa shape index (κ3) is 8.41. The predicted molar refractivity (Wildman–Crippen MR) is 186 cm³/mol. The molecule has 18 heteroatoms. The Labute approximate surface area is 303 Å². The number of terminal acetylenes is 1. The maximum Gasteiger partial charge on any atom is 0.337 e. The van der Waals surface area contributed by atoms with Gasteiger partial charge in [0.15, 0.2) is 23.0 Å². The normalized spacial score (nSPS) is 9.93. The van der Waals surface area contributed by atoms with Crippen molar-refractivity contribution in [2.45, 2.75) is 6.92 Å². The van der Waals surface area contributed by atoms with E-state index in [2.05, 4.69) is 58.8 Å². The fourth-order valence-electron chi connectivity index (χ4n) is 4.51. The zero-order chi connectivity index (χ0) is 38.8. The average molecular weight is 724 g/mol. The topological polar surface area (TPSA) is 244 Å². The van der Waals surface area contributed by atoms with Crippen LogP contribution >= 0.6 is 0 Å². The summed E-state index contributed by atoms with van der Waals surface area (Å²) < 4.78 is 17.1. The molecular formula is C36H22FN11O6. The molecule has 0 saturated heterocycles. The lowest BCUT2D eigenvalue weighted by Gasteiger charge is -2.10. The molecule has 264 valence electrons. The number of halogens is 1. The molecule has 2 aromatic carbocycles. The number of hydrogen-bond donors (Lipinski definition) is 4. The highest BCUT2D eigenvalue weighted by Gasteiger charge is 2.20. The van der Waals surface area contributed by atoms with Gasteiger partial charge in [-0.1, -0.05) is 11.8 Å². The van der Waals surface area contributed by atoms with Crippen LogP contribution in [0.25, 0.3) is 11.6 Å². The Bertz CT molecular complexity index is 2530. The second kappa shape index (κ2) is 16.4. The molecule has 0 radical (unpaired) electrons. The second-order valence-electron chi connectivity index (χ2n) is 10.5. The number of nitrogens with zero attached hydrogens (tertiary/aromatic N) is 9. The van der Waals surface area contributed by atoms with E-state index in [1.807, 2.05) is 6.07 Å². The zero-order valence-electron chi connectivity index (χ0n) is 27.6. The lowest BCUT2D eigenvalue weighted by atomic mass is 10.0. The third-order valence-electron chi connectivity index (χ3n) is 7.06. The van der Waals surface area contributed by atoms with Crippen LogP contribution in [-0.4, -0.2) is 73.5 Å². The Kier molecular flexibility index (Phi) is 11.2. The first-order valence-corrected chi connectivity index (χ1v) is 15.1. The van der Waals surface area contributed by atoms with Gasteiger partial charge in [0.1, 0.15) is 24.5 Å². The van der Waals surface area contributed by atoms with Crippen molar-refractivity contribution in [1.29, 1.82) is 5.26 Å². The second-order valence-corrected chi connectivity index (χ2v) is 10.5. The van der Waals surface area contributed by atoms with E-state index in [1.165, 1.54) is 43.8 Å². The number of benzene rings is 2. The van der Waals surface area contributed by atoms with E-state index in [0.717, 1.165) is 12.1 Å². The largest absolute Gasteiger partial charge is 0.478 e. The van der Waals surface area contributed by atoms with E-state index in [4.69, 9.17) is 11.7 Å². The van der Waals surface area contributed by atoms with Gasteiger partial charge in [-0.05, 0) is 55.5 Å². The molecule has 6 aromatic rings. The molecule has 4 N–H and O–H groups in total. The smallest absolute Gasteiger partial charge is 0.337 e. The van der Waals surface area contributed by atoms with Crippen molar-refractivity contribution >= 4 is 35.1 Å². The van der Waals surface area contributed by atoms with Gasteiger partial charge in [0.25, 0.3) is 11.8 Å². The van der Waals surface area contributed by atoms with Crippen molar-refractivity contribution < 1.29 is 33.8 Å². The van der Waals surface area contributed by atoms with Crippen LogP contribution in [-0.2, 0) is 0 Å². The first-order chi connectivity index (χ1) is 26.0. The fraction of sp³-hybridized carbons (Fsp3) is 0.0278. The molecule has 0 aliphatic rings. The summed E-state index contributed by atoms with van der Waals surface area (Å²) in [5.41, 5.74) is -0.694. The number of carboxylic acids is 2. The van der Waals surface area contributed by atoms with Crippen LogP contribution < -0.4 is 10.6 Å². The number of aromatic nitrogens is 8. The molecule has 4 aromatic heterocycles. The molecular weight excluding hydrogens is 701 g/mol. The molecule has 0 bridgehead atoms. The van der Waals surface area contributed by atoms with Gasteiger partial charge < -0.3 is 20.8 Å². The van der Waals surface area contributed by atoms with Crippen LogP contribution in [0, 0.1) is 41.3 Å². The minimum absolute atomic E-state index is 0.0253. The lowest BCUT2D eigenvalue weighted by Crippen LogP contribution is -2.17. The summed E-state index contributed by atoms with van der Waals surface area (Å²) in [4.78, 5) is 55.3. The number of amides is 2. The van der Waals surface area contributed by atoms with Crippen LogP contribution in [0.1, 0.15) is 65.3 Å². The number of rotatable bonds is 8. The molecule has 17 nitrogen and oxygen atoms in total. The number of nitriles is 1. The molecule has 0 atom stereocenters. The number of carbonyl (C=O) groups is 4. The summed E-state index contributed by atoms with van der Waals surface area (Å²) in [6, 6.07) is 12.2. The summed E-state index contributed by atoms with van der Waals surface area (Å²) in [5.74, 6) is 3.39. The number of anilines is 2. The summed E-state index contributed by atoms with van der Waals surface area (Å²) in [5, 5.41) is 48.0. The van der Waals surface area contributed by atoms with Gasteiger partial charge in [-0.25, -0.2) is 23.9 Å². The van der Waals surface area contributed by atoms with Crippen molar-refractivity contribution in [3.63, 3.8) is 0 Å². The maximum atomic E-state index is 13.9. The van der Waals surface area contributed by atoms with Crippen molar-refractivity contribution in [3.05, 3.63) is 131 Å². The molecule has 0 saturated carbocycles. The Morgan fingerprint density at radius 3 is 1.63 bits per heavy atom. The quantitative estimate of drug-likeness (QED) is 0.164. The fourth-order valence-corrected chi connectivity index (χ4v) is 4.51. The van der Waals surface area contributed by atoms with Gasteiger partial charge in [-0.15, -0.1) is 32.7 Å². The molecule has 0 spiro atoms. The van der Waals surface area contributed by atoms with Gasteiger partial charge in [0.2, 0.25) is 0 Å². The SMILES string of the molecule is C#Cc1cc(NC(=O)c2ccc(-n3ccnc3)nn2)c(C(=O)O)cc1C#N.CC#Cc1cc(NC(=O)c2ccc(-n3ccnc3)nn2)c(C(=O)O)cc1F. The first kappa shape index (κ1) is 36.7. The van der Waals surface area contributed by atoms with Gasteiger partial charge in [0, 0.05) is 30.4 Å². The molecule has 4 heterocycles. The number of hydrogen-bond acceptors (Lipinski definition) is 11. The Morgan fingerprint density at radius 2 is 1.24 bits per heavy atom. The molecule has 0 aliphatic carbocycles. The van der Waals surface area contributed by atoms with Gasteiger partial charge in [0.05, 0.1) is 33.6 Å². The van der Waals surface area contributed by atoms with Crippen LogP contribution in [0.4, 0.5) is 15.8 Å². The predicted octanol–water partition coefficient (Wildman–Crippen LogP) is 3.59.